The molecule has 7 nitrogen and oxygen atoms in total. The molecule has 6 atom stereocenters. The van der Waals surface area contributed by atoms with Gasteiger partial charge in [-0.1, -0.05) is 6.92 Å². The van der Waals surface area contributed by atoms with E-state index in [1.807, 2.05) is 18.7 Å². The Kier molecular flexibility index (Phi) is 6.79. The van der Waals surface area contributed by atoms with Gasteiger partial charge in [-0.2, -0.15) is 11.8 Å². The number of carbonyl (C=O) groups is 2. The fraction of sp³-hybridized carbons (Fsp3) is 0.778. The fourth-order valence-corrected chi connectivity index (χ4v) is 6.81. The normalized spacial score (nSPS) is 34.0. The lowest BCUT2D eigenvalue weighted by Crippen LogP contribution is -2.63. The molecule has 0 aromatic carbocycles. The van der Waals surface area contributed by atoms with Gasteiger partial charge in [-0.15, -0.1) is 11.8 Å². The first kappa shape index (κ1) is 21.0. The van der Waals surface area contributed by atoms with E-state index in [1.54, 1.807) is 18.7 Å². The molecule has 3 aliphatic rings. The second-order valence-corrected chi connectivity index (χ2v) is 10.00. The lowest BCUT2D eigenvalue weighted by atomic mass is 9.79. The summed E-state index contributed by atoms with van der Waals surface area (Å²) in [5.41, 5.74) is 0.111. The van der Waals surface area contributed by atoms with Gasteiger partial charge in [0.2, 0.25) is 5.91 Å². The Labute approximate surface area is 167 Å². The number of nitrogens with one attached hydrogen (secondary N) is 1. The highest BCUT2D eigenvalue weighted by molar-refractivity contribution is 8.03. The number of amides is 1. The monoisotopic (exact) mass is 416 g/mol. The van der Waals surface area contributed by atoms with Crippen molar-refractivity contribution in [3.8, 4) is 0 Å². The molecule has 152 valence electrons. The van der Waals surface area contributed by atoms with Crippen LogP contribution in [0.5, 0.6) is 0 Å². The second-order valence-electron chi connectivity index (χ2n) is 7.50. The lowest BCUT2D eigenvalue weighted by Gasteiger charge is -2.46. The van der Waals surface area contributed by atoms with Crippen LogP contribution in [0.4, 0.5) is 0 Å². The summed E-state index contributed by atoms with van der Waals surface area (Å²) >= 11 is 3.40. The molecule has 3 aliphatic heterocycles. The molecule has 0 radical (unpaired) electrons. The summed E-state index contributed by atoms with van der Waals surface area (Å²) in [6, 6.07) is 0.144. The molecular weight excluding hydrogens is 388 g/mol. The standard InChI is InChI=1S/C18H28N2O5S2/c1-9-14-13(10(2)22)17(23)20(14)15(18(24)25)16(9)27-12-6-11(19-7-12)8-26-5-3-4-21/h9-14,19,21-22H,3-8H2,1-2H3,(H,24,25)/t9-,10-,11+,12+,13-,14-/m1/s1. The smallest absolute Gasteiger partial charge is 0.353 e. The van der Waals surface area contributed by atoms with Crippen molar-refractivity contribution in [1.29, 1.82) is 0 Å². The van der Waals surface area contributed by atoms with Crippen molar-refractivity contribution < 1.29 is 24.9 Å². The third-order valence-electron chi connectivity index (χ3n) is 5.55. The van der Waals surface area contributed by atoms with Crippen LogP contribution in [0, 0.1) is 11.8 Å². The van der Waals surface area contributed by atoms with E-state index in [0.29, 0.717) is 6.04 Å². The van der Waals surface area contributed by atoms with Gasteiger partial charge in [0.1, 0.15) is 5.70 Å². The molecule has 2 saturated heterocycles. The molecule has 0 aliphatic carbocycles. The summed E-state index contributed by atoms with van der Waals surface area (Å²) in [6.45, 7) is 4.59. The van der Waals surface area contributed by atoms with E-state index in [0.717, 1.165) is 35.8 Å². The summed E-state index contributed by atoms with van der Waals surface area (Å²) in [6.07, 6.45) is 0.991. The van der Waals surface area contributed by atoms with Crippen LogP contribution >= 0.6 is 23.5 Å². The van der Waals surface area contributed by atoms with E-state index < -0.39 is 18.0 Å². The predicted molar refractivity (Wildman–Crippen MR) is 106 cm³/mol. The first-order chi connectivity index (χ1) is 12.9. The van der Waals surface area contributed by atoms with Gasteiger partial charge in [0.25, 0.3) is 0 Å². The van der Waals surface area contributed by atoms with Crippen molar-refractivity contribution in [3.63, 3.8) is 0 Å². The summed E-state index contributed by atoms with van der Waals surface area (Å²) in [5, 5.41) is 32.2. The van der Waals surface area contributed by atoms with Crippen LogP contribution in [-0.2, 0) is 9.59 Å². The zero-order valence-electron chi connectivity index (χ0n) is 15.6. The lowest BCUT2D eigenvalue weighted by molar-refractivity contribution is -0.163. The van der Waals surface area contributed by atoms with Gasteiger partial charge in [-0.3, -0.25) is 4.79 Å². The Hall–Kier alpha value is -0.740. The van der Waals surface area contributed by atoms with Crippen molar-refractivity contribution in [2.24, 2.45) is 11.8 Å². The molecule has 0 saturated carbocycles. The van der Waals surface area contributed by atoms with Gasteiger partial charge in [0.15, 0.2) is 0 Å². The summed E-state index contributed by atoms with van der Waals surface area (Å²) in [4.78, 5) is 26.4. The SMILES string of the molecule is C[C@@H](O)[C@H]1C(=O)N2C(C(=O)O)=C(S[C@@H]3CN[C@H](CSCCCO)C3)[C@H](C)[C@H]12. The number of fused-ring (bicyclic) bond motifs is 1. The third kappa shape index (κ3) is 4.03. The van der Waals surface area contributed by atoms with Crippen LogP contribution in [0.3, 0.4) is 0 Å². The van der Waals surface area contributed by atoms with Gasteiger partial charge < -0.3 is 25.5 Å². The van der Waals surface area contributed by atoms with Crippen LogP contribution in [0.1, 0.15) is 26.7 Å². The van der Waals surface area contributed by atoms with Crippen LogP contribution in [0.2, 0.25) is 0 Å². The molecule has 9 heteroatoms. The molecular formula is C18H28N2O5S2. The Morgan fingerprint density at radius 2 is 2.19 bits per heavy atom. The highest BCUT2D eigenvalue weighted by Gasteiger charge is 2.60. The number of aliphatic hydroxyl groups excluding tert-OH is 2. The van der Waals surface area contributed by atoms with Crippen molar-refractivity contribution in [2.75, 3.05) is 24.7 Å². The summed E-state index contributed by atoms with van der Waals surface area (Å²) < 4.78 is 0. The number of hydrogen-bond donors (Lipinski definition) is 4. The zero-order chi connectivity index (χ0) is 19.7. The molecule has 27 heavy (non-hydrogen) atoms. The number of carboxylic acid groups (broad SMARTS) is 1. The van der Waals surface area contributed by atoms with Crippen molar-refractivity contribution >= 4 is 35.4 Å². The number of carbonyl (C=O) groups excluding carboxylic acids is 1. The number of hydrogen-bond acceptors (Lipinski definition) is 7. The quantitative estimate of drug-likeness (QED) is 0.322. The Balaban J connectivity index is 1.64. The molecule has 1 amide bonds. The van der Waals surface area contributed by atoms with Crippen LogP contribution in [-0.4, -0.2) is 80.2 Å². The molecule has 3 heterocycles. The minimum absolute atomic E-state index is 0.0728. The van der Waals surface area contributed by atoms with Gasteiger partial charge in [-0.05, 0) is 25.5 Å². The molecule has 3 rings (SSSR count). The maximum atomic E-state index is 12.4. The molecule has 0 aromatic rings. The minimum Gasteiger partial charge on any atom is -0.477 e. The van der Waals surface area contributed by atoms with Crippen LogP contribution < -0.4 is 5.32 Å². The average molecular weight is 417 g/mol. The average Bonchev–Trinajstić information content (AvgIpc) is 3.14. The van der Waals surface area contributed by atoms with Crippen LogP contribution in [0.25, 0.3) is 0 Å². The molecule has 0 aromatic heterocycles. The molecule has 0 unspecified atom stereocenters. The Morgan fingerprint density at radius 1 is 1.44 bits per heavy atom. The van der Waals surface area contributed by atoms with Crippen molar-refractivity contribution in [1.82, 2.24) is 10.2 Å². The summed E-state index contributed by atoms with van der Waals surface area (Å²) in [7, 11) is 0. The Morgan fingerprint density at radius 3 is 2.81 bits per heavy atom. The van der Waals surface area contributed by atoms with E-state index in [1.165, 1.54) is 4.90 Å². The highest BCUT2D eigenvalue weighted by atomic mass is 32.2. The number of rotatable bonds is 9. The minimum atomic E-state index is -1.06. The van der Waals surface area contributed by atoms with E-state index >= 15 is 0 Å². The van der Waals surface area contributed by atoms with Crippen molar-refractivity contribution in [2.45, 2.75) is 50.1 Å². The molecule has 4 N–H and O–H groups in total. The fourth-order valence-electron chi connectivity index (χ4n) is 4.25. The first-order valence-electron chi connectivity index (χ1n) is 9.44. The number of nitrogens with zero attached hydrogens (tertiary/aromatic N) is 1. The number of aliphatic hydroxyl groups is 2. The first-order valence-corrected chi connectivity index (χ1v) is 11.5. The van der Waals surface area contributed by atoms with Gasteiger partial charge in [0.05, 0.1) is 18.1 Å². The largest absolute Gasteiger partial charge is 0.477 e. The molecule has 0 spiro atoms. The Bertz CT molecular complexity index is 627. The number of thioether (sulfide) groups is 2. The number of aliphatic carboxylic acids is 1. The number of carboxylic acids is 1. The zero-order valence-corrected chi connectivity index (χ0v) is 17.3. The van der Waals surface area contributed by atoms with E-state index in [4.69, 9.17) is 5.11 Å². The van der Waals surface area contributed by atoms with Gasteiger partial charge in [0, 0.05) is 41.0 Å². The van der Waals surface area contributed by atoms with Crippen LogP contribution in [0.15, 0.2) is 10.6 Å². The highest BCUT2D eigenvalue weighted by Crippen LogP contribution is 2.51. The van der Waals surface area contributed by atoms with E-state index in [-0.39, 0.29) is 35.4 Å². The van der Waals surface area contributed by atoms with E-state index in [2.05, 4.69) is 5.32 Å². The summed E-state index contributed by atoms with van der Waals surface area (Å²) in [5.74, 6) is -0.00313. The number of β-lactam (4-membered cyclic amide) rings is 1. The van der Waals surface area contributed by atoms with Gasteiger partial charge in [-0.25, -0.2) is 4.79 Å². The maximum Gasteiger partial charge on any atom is 0.353 e. The molecule has 0 bridgehead atoms. The van der Waals surface area contributed by atoms with Crippen molar-refractivity contribution in [3.05, 3.63) is 10.6 Å². The topological polar surface area (TPSA) is 110 Å². The molecule has 2 fully saturated rings. The van der Waals surface area contributed by atoms with E-state index in [9.17, 15) is 19.8 Å². The third-order valence-corrected chi connectivity index (χ3v) is 8.28. The van der Waals surface area contributed by atoms with Gasteiger partial charge >= 0.3 is 5.97 Å². The second kappa shape index (κ2) is 8.73. The maximum absolute atomic E-state index is 12.4. The predicted octanol–water partition coefficient (Wildman–Crippen LogP) is 0.719.